The minimum Gasteiger partial charge on any atom is -0.480 e. The first-order valence-corrected chi connectivity index (χ1v) is 7.69. The summed E-state index contributed by atoms with van der Waals surface area (Å²) in [5.41, 5.74) is 2.25. The standard InChI is InChI=1S/C17H19N3O3/c1-11-9-13(5-6-15(11)20-8-2-7-18-20)16(21)19-14(17(22)23)10-12-3-4-12/h2,5-9,12,14H,3-4,10H2,1H3,(H,19,21)(H,22,23). The van der Waals surface area contributed by atoms with Gasteiger partial charge >= 0.3 is 5.97 Å². The van der Waals surface area contributed by atoms with Crippen LogP contribution in [0.1, 0.15) is 35.2 Å². The third-order valence-corrected chi connectivity index (χ3v) is 4.08. The zero-order valence-electron chi connectivity index (χ0n) is 12.9. The number of aliphatic carboxylic acids is 1. The van der Waals surface area contributed by atoms with E-state index < -0.39 is 12.0 Å². The summed E-state index contributed by atoms with van der Waals surface area (Å²) < 4.78 is 1.73. The van der Waals surface area contributed by atoms with Gasteiger partial charge in [-0.15, -0.1) is 0 Å². The van der Waals surface area contributed by atoms with E-state index in [4.69, 9.17) is 0 Å². The average Bonchev–Trinajstić information content (AvgIpc) is 3.17. The van der Waals surface area contributed by atoms with Gasteiger partial charge in [-0.3, -0.25) is 4.79 Å². The number of aromatic nitrogens is 2. The topological polar surface area (TPSA) is 84.2 Å². The van der Waals surface area contributed by atoms with Crippen LogP contribution in [0.3, 0.4) is 0 Å². The monoisotopic (exact) mass is 313 g/mol. The van der Waals surface area contributed by atoms with E-state index in [1.54, 1.807) is 23.0 Å². The summed E-state index contributed by atoms with van der Waals surface area (Å²) >= 11 is 0. The van der Waals surface area contributed by atoms with Crippen LogP contribution >= 0.6 is 0 Å². The molecule has 1 heterocycles. The highest BCUT2D eigenvalue weighted by Crippen LogP contribution is 2.33. The number of carbonyl (C=O) groups is 2. The van der Waals surface area contributed by atoms with Gasteiger partial charge in [-0.25, -0.2) is 9.48 Å². The molecule has 2 aromatic rings. The first kappa shape index (κ1) is 15.3. The lowest BCUT2D eigenvalue weighted by Crippen LogP contribution is -2.41. The summed E-state index contributed by atoms with van der Waals surface area (Å²) in [7, 11) is 0. The van der Waals surface area contributed by atoms with Crippen LogP contribution in [0.15, 0.2) is 36.7 Å². The van der Waals surface area contributed by atoms with Crippen molar-refractivity contribution in [3.05, 3.63) is 47.8 Å². The Labute approximate surface area is 134 Å². The Bertz CT molecular complexity index is 721. The number of carboxylic acid groups (broad SMARTS) is 1. The summed E-state index contributed by atoms with van der Waals surface area (Å²) in [6.45, 7) is 1.90. The number of nitrogens with zero attached hydrogens (tertiary/aromatic N) is 2. The molecule has 1 aromatic heterocycles. The van der Waals surface area contributed by atoms with Crippen LogP contribution in [0.4, 0.5) is 0 Å². The fraction of sp³-hybridized carbons (Fsp3) is 0.353. The van der Waals surface area contributed by atoms with Crippen molar-refractivity contribution in [2.24, 2.45) is 5.92 Å². The summed E-state index contributed by atoms with van der Waals surface area (Å²) in [4.78, 5) is 23.6. The predicted molar refractivity (Wildman–Crippen MR) is 84.5 cm³/mol. The summed E-state index contributed by atoms with van der Waals surface area (Å²) in [5.74, 6) is -0.899. The molecule has 1 saturated carbocycles. The van der Waals surface area contributed by atoms with Gasteiger partial charge in [0.2, 0.25) is 0 Å². The SMILES string of the molecule is Cc1cc(C(=O)NC(CC2CC2)C(=O)O)ccc1-n1cccn1. The van der Waals surface area contributed by atoms with E-state index in [0.717, 1.165) is 24.1 Å². The van der Waals surface area contributed by atoms with E-state index >= 15 is 0 Å². The minimum atomic E-state index is -0.977. The van der Waals surface area contributed by atoms with Crippen LogP contribution in [0, 0.1) is 12.8 Å². The van der Waals surface area contributed by atoms with Crippen molar-refractivity contribution in [1.29, 1.82) is 0 Å². The second kappa shape index (κ2) is 6.24. The number of amides is 1. The largest absolute Gasteiger partial charge is 0.480 e. The molecule has 0 bridgehead atoms. The number of carbonyl (C=O) groups excluding carboxylic acids is 1. The molecule has 6 heteroatoms. The van der Waals surface area contributed by atoms with Gasteiger partial charge in [-0.1, -0.05) is 12.8 Å². The van der Waals surface area contributed by atoms with Crippen molar-refractivity contribution < 1.29 is 14.7 Å². The Morgan fingerprint density at radius 2 is 2.22 bits per heavy atom. The average molecular weight is 313 g/mol. The van der Waals surface area contributed by atoms with E-state index in [-0.39, 0.29) is 5.91 Å². The number of nitrogens with one attached hydrogen (secondary N) is 1. The van der Waals surface area contributed by atoms with Gasteiger partial charge in [0.25, 0.3) is 5.91 Å². The van der Waals surface area contributed by atoms with Gasteiger partial charge in [-0.05, 0) is 49.1 Å². The Morgan fingerprint density at radius 1 is 1.43 bits per heavy atom. The highest BCUT2D eigenvalue weighted by atomic mass is 16.4. The molecule has 1 fully saturated rings. The van der Waals surface area contributed by atoms with Crippen LogP contribution in [-0.4, -0.2) is 32.8 Å². The van der Waals surface area contributed by atoms with Gasteiger partial charge in [0.05, 0.1) is 5.69 Å². The number of aryl methyl sites for hydroxylation is 1. The molecule has 120 valence electrons. The lowest BCUT2D eigenvalue weighted by molar-refractivity contribution is -0.139. The molecule has 1 aromatic carbocycles. The van der Waals surface area contributed by atoms with E-state index in [2.05, 4.69) is 10.4 Å². The van der Waals surface area contributed by atoms with Crippen molar-refractivity contribution in [2.45, 2.75) is 32.2 Å². The highest BCUT2D eigenvalue weighted by Gasteiger charge is 2.30. The predicted octanol–water partition coefficient (Wildman–Crippen LogP) is 2.16. The van der Waals surface area contributed by atoms with Crippen molar-refractivity contribution >= 4 is 11.9 Å². The molecular formula is C17H19N3O3. The lowest BCUT2D eigenvalue weighted by Gasteiger charge is -2.15. The second-order valence-corrected chi connectivity index (χ2v) is 6.00. The van der Waals surface area contributed by atoms with Gasteiger partial charge < -0.3 is 10.4 Å². The first-order chi connectivity index (χ1) is 11.0. The van der Waals surface area contributed by atoms with Crippen LogP contribution in [0.2, 0.25) is 0 Å². The van der Waals surface area contributed by atoms with Crippen molar-refractivity contribution in [1.82, 2.24) is 15.1 Å². The maximum absolute atomic E-state index is 12.3. The van der Waals surface area contributed by atoms with E-state index in [1.807, 2.05) is 25.3 Å². The zero-order valence-corrected chi connectivity index (χ0v) is 12.9. The second-order valence-electron chi connectivity index (χ2n) is 6.00. The van der Waals surface area contributed by atoms with E-state index in [0.29, 0.717) is 17.9 Å². The molecular weight excluding hydrogens is 294 g/mol. The van der Waals surface area contributed by atoms with Crippen LogP contribution in [0.5, 0.6) is 0 Å². The number of hydrogen-bond donors (Lipinski definition) is 2. The molecule has 0 radical (unpaired) electrons. The number of carboxylic acids is 1. The van der Waals surface area contributed by atoms with Crippen LogP contribution in [-0.2, 0) is 4.79 Å². The Hall–Kier alpha value is -2.63. The molecule has 1 amide bonds. The van der Waals surface area contributed by atoms with Crippen molar-refractivity contribution in [3.63, 3.8) is 0 Å². The van der Waals surface area contributed by atoms with Crippen LogP contribution < -0.4 is 5.32 Å². The zero-order chi connectivity index (χ0) is 16.4. The molecule has 1 aliphatic rings. The van der Waals surface area contributed by atoms with E-state index in [1.165, 1.54) is 0 Å². The van der Waals surface area contributed by atoms with Gasteiger partial charge in [0.1, 0.15) is 6.04 Å². The fourth-order valence-corrected chi connectivity index (χ4v) is 2.62. The summed E-state index contributed by atoms with van der Waals surface area (Å²) in [5, 5.41) is 16.0. The molecule has 0 spiro atoms. The van der Waals surface area contributed by atoms with Gasteiger partial charge in [0, 0.05) is 18.0 Å². The fourth-order valence-electron chi connectivity index (χ4n) is 2.62. The third kappa shape index (κ3) is 3.59. The molecule has 0 saturated heterocycles. The van der Waals surface area contributed by atoms with Crippen molar-refractivity contribution in [2.75, 3.05) is 0 Å². The quantitative estimate of drug-likeness (QED) is 0.856. The van der Waals surface area contributed by atoms with Gasteiger partial charge in [0.15, 0.2) is 0 Å². The van der Waals surface area contributed by atoms with Crippen LogP contribution in [0.25, 0.3) is 5.69 Å². The normalized spacial score (nSPS) is 15.2. The van der Waals surface area contributed by atoms with E-state index in [9.17, 15) is 14.7 Å². The van der Waals surface area contributed by atoms with Gasteiger partial charge in [-0.2, -0.15) is 5.10 Å². The smallest absolute Gasteiger partial charge is 0.326 e. The maximum atomic E-state index is 12.3. The summed E-state index contributed by atoms with van der Waals surface area (Å²) in [6.07, 6.45) is 6.13. The number of benzene rings is 1. The molecule has 3 rings (SSSR count). The summed E-state index contributed by atoms with van der Waals surface area (Å²) in [6, 6.07) is 6.27. The molecule has 1 aliphatic carbocycles. The highest BCUT2D eigenvalue weighted by molar-refractivity contribution is 5.97. The minimum absolute atomic E-state index is 0.354. The number of hydrogen-bond acceptors (Lipinski definition) is 3. The molecule has 0 aliphatic heterocycles. The van der Waals surface area contributed by atoms with Crippen molar-refractivity contribution in [3.8, 4) is 5.69 Å². The molecule has 23 heavy (non-hydrogen) atoms. The Kier molecular flexibility index (Phi) is 4.14. The molecule has 1 unspecified atom stereocenters. The molecule has 2 N–H and O–H groups in total. The maximum Gasteiger partial charge on any atom is 0.326 e. The molecule has 1 atom stereocenters. The third-order valence-electron chi connectivity index (χ3n) is 4.08. The Balaban J connectivity index is 1.74. The first-order valence-electron chi connectivity index (χ1n) is 7.69. The number of rotatable bonds is 6. The Morgan fingerprint density at radius 3 is 2.78 bits per heavy atom. The molecule has 6 nitrogen and oxygen atoms in total. The lowest BCUT2D eigenvalue weighted by atomic mass is 10.1.